The van der Waals surface area contributed by atoms with E-state index in [4.69, 9.17) is 5.26 Å². The predicted octanol–water partition coefficient (Wildman–Crippen LogP) is 4.74. The lowest BCUT2D eigenvalue weighted by Gasteiger charge is -2.16. The van der Waals surface area contributed by atoms with E-state index in [0.29, 0.717) is 0 Å². The van der Waals surface area contributed by atoms with Gasteiger partial charge in [-0.3, -0.25) is 0 Å². The number of rotatable bonds is 10. The Bertz CT molecular complexity index is 406. The van der Waals surface area contributed by atoms with Gasteiger partial charge in [0.15, 0.2) is 0 Å². The van der Waals surface area contributed by atoms with Crippen LogP contribution in [0, 0.1) is 11.3 Å². The van der Waals surface area contributed by atoms with Crippen LogP contribution in [0.25, 0.3) is 0 Å². The van der Waals surface area contributed by atoms with Gasteiger partial charge in [-0.15, -0.1) is 0 Å². The summed E-state index contributed by atoms with van der Waals surface area (Å²) in [4.78, 5) is 2.35. The van der Waals surface area contributed by atoms with Gasteiger partial charge in [0.2, 0.25) is 0 Å². The van der Waals surface area contributed by atoms with E-state index in [1.54, 1.807) is 0 Å². The van der Waals surface area contributed by atoms with Crippen LogP contribution in [0.3, 0.4) is 0 Å². The summed E-state index contributed by atoms with van der Waals surface area (Å²) in [6.45, 7) is 4.34. The van der Waals surface area contributed by atoms with Crippen LogP contribution in [-0.2, 0) is 6.54 Å². The summed E-state index contributed by atoms with van der Waals surface area (Å²) in [5, 5.41) is 8.89. The van der Waals surface area contributed by atoms with Crippen LogP contribution < -0.4 is 0 Å². The molecule has 0 aliphatic heterocycles. The first kappa shape index (κ1) is 16.7. The van der Waals surface area contributed by atoms with Crippen LogP contribution in [0.1, 0.15) is 63.0 Å². The first-order chi connectivity index (χ1) is 9.76. The zero-order chi connectivity index (χ0) is 14.6. The van der Waals surface area contributed by atoms with E-state index in [1.165, 1.54) is 50.5 Å². The minimum absolute atomic E-state index is 0.756. The molecule has 0 heterocycles. The van der Waals surface area contributed by atoms with Gasteiger partial charge in [0.05, 0.1) is 11.6 Å². The fraction of sp³-hybridized carbons (Fsp3) is 0.611. The van der Waals surface area contributed by atoms with Gasteiger partial charge in [-0.1, -0.05) is 57.6 Å². The van der Waals surface area contributed by atoms with Gasteiger partial charge >= 0.3 is 0 Å². The van der Waals surface area contributed by atoms with Crippen LogP contribution in [-0.4, -0.2) is 18.5 Å². The molecule has 0 unspecified atom stereocenters. The van der Waals surface area contributed by atoms with Crippen LogP contribution in [0.4, 0.5) is 0 Å². The number of nitriles is 1. The number of benzene rings is 1. The van der Waals surface area contributed by atoms with Gasteiger partial charge in [0.25, 0.3) is 0 Å². The highest BCUT2D eigenvalue weighted by Gasteiger charge is 2.01. The topological polar surface area (TPSA) is 27.0 Å². The van der Waals surface area contributed by atoms with Crippen molar-refractivity contribution in [3.05, 3.63) is 35.4 Å². The molecule has 20 heavy (non-hydrogen) atoms. The average Bonchev–Trinajstić information content (AvgIpc) is 2.46. The quantitative estimate of drug-likeness (QED) is 0.575. The van der Waals surface area contributed by atoms with E-state index in [1.807, 2.05) is 18.2 Å². The Balaban J connectivity index is 2.14. The van der Waals surface area contributed by atoms with Crippen molar-refractivity contribution in [2.45, 2.75) is 58.4 Å². The molecule has 0 fully saturated rings. The molecule has 0 saturated heterocycles. The molecule has 0 aliphatic carbocycles. The van der Waals surface area contributed by atoms with Gasteiger partial charge < -0.3 is 4.90 Å². The molecule has 2 heteroatoms. The summed E-state index contributed by atoms with van der Waals surface area (Å²) in [7, 11) is 2.16. The second-order valence-electron chi connectivity index (χ2n) is 5.67. The Morgan fingerprint density at radius 1 is 1.05 bits per heavy atom. The molecule has 0 N–H and O–H groups in total. The van der Waals surface area contributed by atoms with E-state index in [2.05, 4.69) is 31.0 Å². The molecule has 0 radical (unpaired) electrons. The fourth-order valence-electron chi connectivity index (χ4n) is 2.47. The Hall–Kier alpha value is -1.33. The zero-order valence-corrected chi connectivity index (χ0v) is 13.1. The zero-order valence-electron chi connectivity index (χ0n) is 13.1. The lowest BCUT2D eigenvalue weighted by atomic mass is 10.1. The highest BCUT2D eigenvalue weighted by atomic mass is 15.1. The molecule has 0 saturated carbocycles. The molecule has 1 rings (SSSR count). The highest BCUT2D eigenvalue weighted by molar-refractivity contribution is 5.32. The summed E-state index contributed by atoms with van der Waals surface area (Å²) in [5.74, 6) is 0. The number of unbranched alkanes of at least 4 members (excludes halogenated alkanes) is 6. The second-order valence-corrected chi connectivity index (χ2v) is 5.67. The van der Waals surface area contributed by atoms with Gasteiger partial charge in [0, 0.05) is 6.54 Å². The van der Waals surface area contributed by atoms with E-state index in [0.717, 1.165) is 18.7 Å². The van der Waals surface area contributed by atoms with Gasteiger partial charge in [0.1, 0.15) is 0 Å². The molecule has 110 valence electrons. The third kappa shape index (κ3) is 7.31. The minimum atomic E-state index is 0.756. The molecule has 2 nitrogen and oxygen atoms in total. The number of hydrogen-bond acceptors (Lipinski definition) is 2. The van der Waals surface area contributed by atoms with Gasteiger partial charge in [-0.2, -0.15) is 5.26 Å². The lowest BCUT2D eigenvalue weighted by molar-refractivity contribution is 0.316. The van der Waals surface area contributed by atoms with Gasteiger partial charge in [-0.25, -0.2) is 0 Å². The monoisotopic (exact) mass is 272 g/mol. The van der Waals surface area contributed by atoms with Crippen LogP contribution in [0.2, 0.25) is 0 Å². The van der Waals surface area contributed by atoms with Crippen LogP contribution in [0.5, 0.6) is 0 Å². The van der Waals surface area contributed by atoms with E-state index < -0.39 is 0 Å². The molecule has 0 atom stereocenters. The van der Waals surface area contributed by atoms with Crippen molar-refractivity contribution < 1.29 is 0 Å². The van der Waals surface area contributed by atoms with Crippen molar-refractivity contribution in [2.75, 3.05) is 13.6 Å². The Kier molecular flexibility index (Phi) is 8.74. The maximum Gasteiger partial charge on any atom is 0.0991 e. The summed E-state index contributed by atoms with van der Waals surface area (Å²) in [5.41, 5.74) is 1.99. The van der Waals surface area contributed by atoms with E-state index in [9.17, 15) is 0 Å². The lowest BCUT2D eigenvalue weighted by Crippen LogP contribution is -2.19. The normalized spacial score (nSPS) is 10.7. The Morgan fingerprint density at radius 3 is 2.45 bits per heavy atom. The predicted molar refractivity (Wildman–Crippen MR) is 85.5 cm³/mol. The molecule has 1 aromatic carbocycles. The first-order valence-corrected chi connectivity index (χ1v) is 7.94. The van der Waals surface area contributed by atoms with Crippen molar-refractivity contribution in [3.8, 4) is 6.07 Å². The van der Waals surface area contributed by atoms with Crippen molar-refractivity contribution in [1.29, 1.82) is 5.26 Å². The fourth-order valence-corrected chi connectivity index (χ4v) is 2.47. The third-order valence-corrected chi connectivity index (χ3v) is 3.65. The highest BCUT2D eigenvalue weighted by Crippen LogP contribution is 2.10. The third-order valence-electron chi connectivity index (χ3n) is 3.65. The molecule has 0 bridgehead atoms. The maximum atomic E-state index is 8.89. The number of hydrogen-bond donors (Lipinski definition) is 0. The summed E-state index contributed by atoms with van der Waals surface area (Å²) in [6.07, 6.45) is 9.49. The van der Waals surface area contributed by atoms with Crippen LogP contribution in [0.15, 0.2) is 24.3 Å². The molecule has 0 aromatic heterocycles. The molecular formula is C18H28N2. The van der Waals surface area contributed by atoms with Crippen molar-refractivity contribution in [3.63, 3.8) is 0 Å². The van der Waals surface area contributed by atoms with Gasteiger partial charge in [-0.05, 0) is 37.7 Å². The maximum absolute atomic E-state index is 8.89. The average molecular weight is 272 g/mol. The molecule has 0 amide bonds. The Morgan fingerprint density at radius 2 is 1.75 bits per heavy atom. The molecular weight excluding hydrogens is 244 g/mol. The van der Waals surface area contributed by atoms with E-state index in [-0.39, 0.29) is 0 Å². The molecule has 0 aliphatic rings. The van der Waals surface area contributed by atoms with Crippen molar-refractivity contribution in [1.82, 2.24) is 4.90 Å². The number of nitrogens with zero attached hydrogens (tertiary/aromatic N) is 2. The summed E-state index contributed by atoms with van der Waals surface area (Å²) in [6, 6.07) is 10.1. The summed E-state index contributed by atoms with van der Waals surface area (Å²) < 4.78 is 0. The SMILES string of the molecule is CCCCCCCCCN(C)Cc1cccc(C#N)c1. The van der Waals surface area contributed by atoms with Crippen molar-refractivity contribution >= 4 is 0 Å². The van der Waals surface area contributed by atoms with Crippen molar-refractivity contribution in [2.24, 2.45) is 0 Å². The van der Waals surface area contributed by atoms with E-state index >= 15 is 0 Å². The standard InChI is InChI=1S/C18H28N2/c1-3-4-5-6-7-8-9-13-20(2)16-18-12-10-11-17(14-18)15-19/h10-12,14H,3-9,13,16H2,1-2H3. The molecule has 0 spiro atoms. The van der Waals surface area contributed by atoms with Crippen LogP contribution >= 0.6 is 0 Å². The minimum Gasteiger partial charge on any atom is -0.302 e. The smallest absolute Gasteiger partial charge is 0.0991 e. The summed E-state index contributed by atoms with van der Waals surface area (Å²) >= 11 is 0. The Labute approximate surface area is 124 Å². The second kappa shape index (κ2) is 10.5. The largest absolute Gasteiger partial charge is 0.302 e. The first-order valence-electron chi connectivity index (χ1n) is 7.94. The molecule has 1 aromatic rings.